The van der Waals surface area contributed by atoms with Crippen LogP contribution in [0.2, 0.25) is 0 Å². The van der Waals surface area contributed by atoms with Crippen LogP contribution in [-0.4, -0.2) is 60.5 Å². The fourth-order valence-electron chi connectivity index (χ4n) is 2.60. The van der Waals surface area contributed by atoms with Crippen LogP contribution < -0.4 is 11.1 Å². The van der Waals surface area contributed by atoms with Gasteiger partial charge in [0, 0.05) is 6.92 Å². The second kappa shape index (κ2) is 5.48. The smallest absolute Gasteiger partial charge is 0.217 e. The molecule has 10 nitrogen and oxygen atoms in total. The van der Waals surface area contributed by atoms with Crippen molar-refractivity contribution in [1.82, 2.24) is 24.8 Å². The van der Waals surface area contributed by atoms with Crippen molar-refractivity contribution in [3.05, 3.63) is 12.7 Å². The lowest BCUT2D eigenvalue weighted by atomic mass is 10.1. The first-order chi connectivity index (χ1) is 10.5. The highest BCUT2D eigenvalue weighted by atomic mass is 16.5. The number of carbonyl (C=O) groups excluding carboxylic acids is 1. The molecule has 0 aromatic carbocycles. The maximum atomic E-state index is 11.2. The Morgan fingerprint density at radius 3 is 2.95 bits per heavy atom. The molecule has 22 heavy (non-hydrogen) atoms. The SMILES string of the molecule is CC(=O)N[C@H]1[C@H](O)[C@@H](n2cnc3c(N)ncnc32)O[C@@H]1CO. The molecule has 0 aliphatic carbocycles. The van der Waals surface area contributed by atoms with Gasteiger partial charge in [-0.15, -0.1) is 0 Å². The molecule has 3 rings (SSSR count). The van der Waals surface area contributed by atoms with Gasteiger partial charge in [0.2, 0.25) is 5.91 Å². The predicted octanol–water partition coefficient (Wildman–Crippen LogP) is -1.84. The Bertz CT molecular complexity index is 704. The minimum atomic E-state index is -1.07. The van der Waals surface area contributed by atoms with Crippen LogP contribution in [0.5, 0.6) is 0 Å². The van der Waals surface area contributed by atoms with Gasteiger partial charge in [0.15, 0.2) is 17.7 Å². The predicted molar refractivity (Wildman–Crippen MR) is 74.3 cm³/mol. The number of nitrogens with one attached hydrogen (secondary N) is 1. The van der Waals surface area contributed by atoms with E-state index in [9.17, 15) is 15.0 Å². The lowest BCUT2D eigenvalue weighted by molar-refractivity contribution is -0.120. The summed E-state index contributed by atoms with van der Waals surface area (Å²) < 4.78 is 7.14. The number of rotatable bonds is 3. The van der Waals surface area contributed by atoms with E-state index in [0.717, 1.165) is 0 Å². The number of nitrogen functional groups attached to an aromatic ring is 1. The Morgan fingerprint density at radius 2 is 2.27 bits per heavy atom. The molecule has 2 aromatic heterocycles. The van der Waals surface area contributed by atoms with Crippen LogP contribution in [-0.2, 0) is 9.53 Å². The van der Waals surface area contributed by atoms with Crippen molar-refractivity contribution in [2.24, 2.45) is 0 Å². The molecule has 1 amide bonds. The first-order valence-corrected chi connectivity index (χ1v) is 6.67. The molecule has 1 saturated heterocycles. The maximum absolute atomic E-state index is 11.2. The minimum absolute atomic E-state index is 0.216. The molecule has 3 heterocycles. The second-order valence-electron chi connectivity index (χ2n) is 5.05. The zero-order valence-corrected chi connectivity index (χ0v) is 11.7. The molecule has 1 aliphatic rings. The number of anilines is 1. The topological polar surface area (TPSA) is 148 Å². The van der Waals surface area contributed by atoms with Crippen LogP contribution in [0, 0.1) is 0 Å². The number of hydrogen-bond donors (Lipinski definition) is 4. The molecule has 0 spiro atoms. The molecular weight excluding hydrogens is 292 g/mol. The number of hydrogen-bond acceptors (Lipinski definition) is 8. The van der Waals surface area contributed by atoms with E-state index < -0.39 is 24.5 Å². The van der Waals surface area contributed by atoms with Gasteiger partial charge >= 0.3 is 0 Å². The van der Waals surface area contributed by atoms with Gasteiger partial charge in [-0.3, -0.25) is 9.36 Å². The number of imidazole rings is 1. The first kappa shape index (κ1) is 14.6. The van der Waals surface area contributed by atoms with E-state index in [1.807, 2.05) is 0 Å². The number of aliphatic hydroxyl groups is 2. The summed E-state index contributed by atoms with van der Waals surface area (Å²) in [7, 11) is 0. The third kappa shape index (κ3) is 2.26. The number of carbonyl (C=O) groups is 1. The van der Waals surface area contributed by atoms with Gasteiger partial charge in [0.25, 0.3) is 0 Å². The number of ether oxygens (including phenoxy) is 1. The summed E-state index contributed by atoms with van der Waals surface area (Å²) in [6, 6.07) is -0.732. The lowest BCUT2D eigenvalue weighted by Crippen LogP contribution is -2.47. The van der Waals surface area contributed by atoms with Crippen LogP contribution in [0.25, 0.3) is 11.2 Å². The van der Waals surface area contributed by atoms with Gasteiger partial charge in [-0.25, -0.2) is 15.0 Å². The average Bonchev–Trinajstić information content (AvgIpc) is 3.02. The van der Waals surface area contributed by atoms with E-state index in [-0.39, 0.29) is 18.3 Å². The minimum Gasteiger partial charge on any atom is -0.394 e. The van der Waals surface area contributed by atoms with Crippen LogP contribution in [0.1, 0.15) is 13.2 Å². The Kier molecular flexibility index (Phi) is 3.64. The average molecular weight is 308 g/mol. The van der Waals surface area contributed by atoms with Crippen LogP contribution >= 0.6 is 0 Å². The Balaban J connectivity index is 1.97. The highest BCUT2D eigenvalue weighted by molar-refractivity contribution is 5.81. The molecular formula is C12H16N6O4. The Morgan fingerprint density at radius 1 is 1.50 bits per heavy atom. The van der Waals surface area contributed by atoms with Gasteiger partial charge in [-0.2, -0.15) is 0 Å². The van der Waals surface area contributed by atoms with Gasteiger partial charge in [0.1, 0.15) is 24.1 Å². The molecule has 0 saturated carbocycles. The number of nitrogens with two attached hydrogens (primary N) is 1. The molecule has 1 aliphatic heterocycles. The normalized spacial score (nSPS) is 28.1. The summed E-state index contributed by atoms with van der Waals surface area (Å²) in [6.45, 7) is 0.983. The molecule has 118 valence electrons. The molecule has 0 radical (unpaired) electrons. The maximum Gasteiger partial charge on any atom is 0.217 e. The largest absolute Gasteiger partial charge is 0.394 e. The standard InChI is InChI=1S/C12H16N6O4/c1-5(20)17-7-6(2-19)22-12(9(7)21)18-4-16-8-10(13)14-3-15-11(8)18/h3-4,6-7,9,12,19,21H,2H2,1H3,(H,17,20)(H2,13,14,15)/t6-,7-,9+,12+/m1/s1. The molecule has 2 aromatic rings. The number of fused-ring (bicyclic) bond motifs is 1. The first-order valence-electron chi connectivity index (χ1n) is 6.67. The van der Waals surface area contributed by atoms with Crippen LogP contribution in [0.15, 0.2) is 12.7 Å². The van der Waals surface area contributed by atoms with Crippen LogP contribution in [0.4, 0.5) is 5.82 Å². The van der Waals surface area contributed by atoms with Crippen molar-refractivity contribution in [3.8, 4) is 0 Å². The number of aromatic nitrogens is 4. The van der Waals surface area contributed by atoms with Crippen molar-refractivity contribution in [3.63, 3.8) is 0 Å². The molecule has 4 atom stereocenters. The Hall–Kier alpha value is -2.30. The van der Waals surface area contributed by atoms with E-state index in [4.69, 9.17) is 10.5 Å². The quantitative estimate of drug-likeness (QED) is 0.517. The monoisotopic (exact) mass is 308 g/mol. The van der Waals surface area contributed by atoms with E-state index in [2.05, 4.69) is 20.3 Å². The van der Waals surface area contributed by atoms with E-state index in [0.29, 0.717) is 11.2 Å². The van der Waals surface area contributed by atoms with Crippen molar-refractivity contribution in [2.75, 3.05) is 12.3 Å². The summed E-state index contributed by atoms with van der Waals surface area (Å²) >= 11 is 0. The third-order valence-electron chi connectivity index (χ3n) is 3.59. The zero-order chi connectivity index (χ0) is 15.9. The van der Waals surface area contributed by atoms with Gasteiger partial charge in [-0.1, -0.05) is 0 Å². The fraction of sp³-hybridized carbons (Fsp3) is 0.500. The van der Waals surface area contributed by atoms with Crippen molar-refractivity contribution < 1.29 is 19.7 Å². The number of amides is 1. The zero-order valence-electron chi connectivity index (χ0n) is 11.7. The summed E-state index contributed by atoms with van der Waals surface area (Å²) in [5.74, 6) is -0.109. The highest BCUT2D eigenvalue weighted by Gasteiger charge is 2.45. The highest BCUT2D eigenvalue weighted by Crippen LogP contribution is 2.31. The van der Waals surface area contributed by atoms with Gasteiger partial charge in [-0.05, 0) is 0 Å². The lowest BCUT2D eigenvalue weighted by Gasteiger charge is -2.19. The molecule has 0 bridgehead atoms. The van der Waals surface area contributed by atoms with E-state index >= 15 is 0 Å². The second-order valence-corrected chi connectivity index (χ2v) is 5.05. The van der Waals surface area contributed by atoms with Gasteiger partial charge in [0.05, 0.1) is 19.0 Å². The summed E-state index contributed by atoms with van der Waals surface area (Å²) in [4.78, 5) is 23.3. The van der Waals surface area contributed by atoms with Crippen molar-refractivity contribution in [1.29, 1.82) is 0 Å². The Labute approximate surface area is 124 Å². The van der Waals surface area contributed by atoms with Crippen LogP contribution in [0.3, 0.4) is 0 Å². The summed E-state index contributed by atoms with van der Waals surface area (Å²) in [5, 5.41) is 22.4. The van der Waals surface area contributed by atoms with E-state index in [1.165, 1.54) is 24.1 Å². The summed E-state index contributed by atoms with van der Waals surface area (Å²) in [5.41, 5.74) is 6.51. The summed E-state index contributed by atoms with van der Waals surface area (Å²) in [6.07, 6.45) is 0.0451. The van der Waals surface area contributed by atoms with Gasteiger partial charge < -0.3 is 26.0 Å². The fourth-order valence-corrected chi connectivity index (χ4v) is 2.60. The molecule has 1 fully saturated rings. The number of nitrogens with zero attached hydrogens (tertiary/aromatic N) is 4. The molecule has 10 heteroatoms. The third-order valence-corrected chi connectivity index (χ3v) is 3.59. The molecule has 0 unspecified atom stereocenters. The van der Waals surface area contributed by atoms with Crippen molar-refractivity contribution in [2.45, 2.75) is 31.4 Å². The van der Waals surface area contributed by atoms with Crippen molar-refractivity contribution >= 4 is 22.9 Å². The molecule has 5 N–H and O–H groups in total. The van der Waals surface area contributed by atoms with E-state index in [1.54, 1.807) is 0 Å². The number of aliphatic hydroxyl groups excluding tert-OH is 2.